The molecule has 0 aliphatic heterocycles. The van der Waals surface area contributed by atoms with Crippen LogP contribution in [0.4, 0.5) is 14.6 Å². The van der Waals surface area contributed by atoms with Crippen LogP contribution < -0.4 is 5.73 Å². The van der Waals surface area contributed by atoms with E-state index in [0.717, 1.165) is 6.07 Å². The van der Waals surface area contributed by atoms with Gasteiger partial charge in [0.15, 0.2) is 0 Å². The van der Waals surface area contributed by atoms with Crippen molar-refractivity contribution in [3.8, 4) is 0 Å². The van der Waals surface area contributed by atoms with Crippen LogP contribution >= 0.6 is 11.6 Å². The van der Waals surface area contributed by atoms with Crippen LogP contribution in [0.3, 0.4) is 0 Å². The van der Waals surface area contributed by atoms with Crippen molar-refractivity contribution >= 4 is 23.4 Å². The first-order valence-electron chi connectivity index (χ1n) is 4.38. The van der Waals surface area contributed by atoms with Crippen molar-refractivity contribution in [2.24, 2.45) is 0 Å². The van der Waals surface area contributed by atoms with Crippen molar-refractivity contribution < 1.29 is 18.3 Å². The number of ether oxygens (including phenoxy) is 1. The van der Waals surface area contributed by atoms with E-state index in [-0.39, 0.29) is 23.0 Å². The highest BCUT2D eigenvalue weighted by molar-refractivity contribution is 6.35. The molecule has 0 fully saturated rings. The monoisotopic (exact) mass is 250 g/mol. The number of alkyl halides is 2. The average Bonchev–Trinajstić information content (AvgIpc) is 2.21. The molecule has 1 aromatic rings. The van der Waals surface area contributed by atoms with Gasteiger partial charge in [0.25, 0.3) is 6.43 Å². The standard InChI is InChI=1S/C9H9ClF2N2O2/c1-2-16-9(15)4-3-5(7(11)12)14-8(13)6(4)10/h3,7H,2H2,1H3,(H2,13,14). The fraction of sp³-hybridized carbons (Fsp3) is 0.333. The molecule has 0 bridgehead atoms. The Kier molecular flexibility index (Phi) is 4.00. The van der Waals surface area contributed by atoms with E-state index in [1.54, 1.807) is 6.92 Å². The molecular formula is C9H9ClF2N2O2. The second-order valence-corrected chi connectivity index (χ2v) is 3.19. The minimum Gasteiger partial charge on any atom is -0.462 e. The van der Waals surface area contributed by atoms with E-state index in [1.165, 1.54) is 0 Å². The smallest absolute Gasteiger partial charge is 0.339 e. The molecule has 0 amide bonds. The summed E-state index contributed by atoms with van der Waals surface area (Å²) in [5, 5.41) is -0.178. The summed E-state index contributed by atoms with van der Waals surface area (Å²) in [7, 11) is 0. The van der Waals surface area contributed by atoms with Crippen molar-refractivity contribution in [3.05, 3.63) is 22.3 Å². The van der Waals surface area contributed by atoms with Gasteiger partial charge in [-0.15, -0.1) is 0 Å². The van der Waals surface area contributed by atoms with E-state index in [0.29, 0.717) is 0 Å². The van der Waals surface area contributed by atoms with Crippen molar-refractivity contribution in [1.29, 1.82) is 0 Å². The van der Waals surface area contributed by atoms with E-state index in [4.69, 9.17) is 17.3 Å². The normalized spacial score (nSPS) is 10.6. The van der Waals surface area contributed by atoms with Crippen LogP contribution in [0.25, 0.3) is 0 Å². The van der Waals surface area contributed by atoms with Crippen LogP contribution in [0.15, 0.2) is 6.07 Å². The maximum absolute atomic E-state index is 12.4. The number of rotatable bonds is 3. The van der Waals surface area contributed by atoms with Gasteiger partial charge in [-0.1, -0.05) is 11.6 Å². The number of pyridine rings is 1. The number of carbonyl (C=O) groups excluding carboxylic acids is 1. The van der Waals surface area contributed by atoms with Gasteiger partial charge in [0, 0.05) is 0 Å². The fourth-order valence-corrected chi connectivity index (χ4v) is 1.21. The van der Waals surface area contributed by atoms with E-state index in [9.17, 15) is 13.6 Å². The molecule has 1 aromatic heterocycles. The Morgan fingerprint density at radius 1 is 1.69 bits per heavy atom. The first kappa shape index (κ1) is 12.6. The van der Waals surface area contributed by atoms with Gasteiger partial charge in [-0.25, -0.2) is 18.6 Å². The molecule has 0 aliphatic rings. The molecule has 0 unspecified atom stereocenters. The summed E-state index contributed by atoms with van der Waals surface area (Å²) in [6.07, 6.45) is -2.83. The minimum absolute atomic E-state index is 0.113. The Bertz CT molecular complexity index is 413. The number of nitrogens with zero attached hydrogens (tertiary/aromatic N) is 1. The van der Waals surface area contributed by atoms with Crippen molar-refractivity contribution in [2.75, 3.05) is 12.3 Å². The lowest BCUT2D eigenvalue weighted by Gasteiger charge is -2.08. The number of hydrogen-bond donors (Lipinski definition) is 1. The highest BCUT2D eigenvalue weighted by Crippen LogP contribution is 2.27. The van der Waals surface area contributed by atoms with Gasteiger partial charge < -0.3 is 10.5 Å². The van der Waals surface area contributed by atoms with Gasteiger partial charge in [0.05, 0.1) is 17.2 Å². The molecule has 1 rings (SSSR count). The summed E-state index contributed by atoms with van der Waals surface area (Å²) < 4.78 is 29.4. The van der Waals surface area contributed by atoms with E-state index in [1.807, 2.05) is 0 Å². The maximum atomic E-state index is 12.4. The third kappa shape index (κ3) is 2.57. The molecule has 0 atom stereocenters. The van der Waals surface area contributed by atoms with E-state index < -0.39 is 18.1 Å². The molecule has 0 aromatic carbocycles. The van der Waals surface area contributed by atoms with Crippen LogP contribution in [-0.4, -0.2) is 17.6 Å². The topological polar surface area (TPSA) is 65.2 Å². The lowest BCUT2D eigenvalue weighted by Crippen LogP contribution is -2.09. The Morgan fingerprint density at radius 2 is 2.31 bits per heavy atom. The lowest BCUT2D eigenvalue weighted by molar-refractivity contribution is 0.0526. The molecule has 16 heavy (non-hydrogen) atoms. The number of halogens is 3. The molecule has 7 heteroatoms. The number of anilines is 1. The third-order valence-corrected chi connectivity index (χ3v) is 2.12. The van der Waals surface area contributed by atoms with Gasteiger partial charge >= 0.3 is 5.97 Å². The van der Waals surface area contributed by atoms with Gasteiger partial charge in [-0.05, 0) is 13.0 Å². The number of hydrogen-bond acceptors (Lipinski definition) is 4. The van der Waals surface area contributed by atoms with Crippen LogP contribution in [0.5, 0.6) is 0 Å². The largest absolute Gasteiger partial charge is 0.462 e. The molecule has 2 N–H and O–H groups in total. The second kappa shape index (κ2) is 5.07. The van der Waals surface area contributed by atoms with Gasteiger partial charge in [0.2, 0.25) is 0 Å². The third-order valence-electron chi connectivity index (χ3n) is 1.72. The Labute approximate surface area is 95.4 Å². The summed E-state index contributed by atoms with van der Waals surface area (Å²) in [4.78, 5) is 14.7. The fourth-order valence-electron chi connectivity index (χ4n) is 1.04. The highest BCUT2D eigenvalue weighted by atomic mass is 35.5. The predicted octanol–water partition coefficient (Wildman–Crippen LogP) is 2.43. The van der Waals surface area contributed by atoms with Crippen molar-refractivity contribution in [1.82, 2.24) is 4.98 Å². The molecular weight excluding hydrogens is 242 g/mol. The molecule has 88 valence electrons. The predicted molar refractivity (Wildman–Crippen MR) is 54.6 cm³/mol. The highest BCUT2D eigenvalue weighted by Gasteiger charge is 2.20. The lowest BCUT2D eigenvalue weighted by atomic mass is 10.2. The minimum atomic E-state index is -2.83. The van der Waals surface area contributed by atoms with Gasteiger partial charge in [-0.2, -0.15) is 0 Å². The molecule has 0 saturated heterocycles. The Morgan fingerprint density at radius 3 is 2.81 bits per heavy atom. The Balaban J connectivity index is 3.21. The van der Waals surface area contributed by atoms with E-state index in [2.05, 4.69) is 9.72 Å². The first-order chi connectivity index (χ1) is 7.47. The average molecular weight is 251 g/mol. The quantitative estimate of drug-likeness (QED) is 0.837. The van der Waals surface area contributed by atoms with Gasteiger partial charge in [0.1, 0.15) is 11.5 Å². The number of nitrogens with two attached hydrogens (primary N) is 1. The molecule has 0 spiro atoms. The zero-order chi connectivity index (χ0) is 12.3. The first-order valence-corrected chi connectivity index (χ1v) is 4.76. The maximum Gasteiger partial charge on any atom is 0.339 e. The summed E-state index contributed by atoms with van der Waals surface area (Å²) in [6, 6.07) is 0.876. The molecule has 0 aliphatic carbocycles. The van der Waals surface area contributed by atoms with Crippen LogP contribution in [0, 0.1) is 0 Å². The Hall–Kier alpha value is -1.43. The van der Waals surface area contributed by atoms with Crippen LogP contribution in [0.1, 0.15) is 29.4 Å². The number of esters is 1. The second-order valence-electron chi connectivity index (χ2n) is 2.82. The van der Waals surface area contributed by atoms with E-state index >= 15 is 0 Å². The number of aromatic nitrogens is 1. The zero-order valence-electron chi connectivity index (χ0n) is 8.34. The number of carbonyl (C=O) groups is 1. The molecule has 1 heterocycles. The summed E-state index contributed by atoms with van der Waals surface area (Å²) in [5.74, 6) is -1.12. The van der Waals surface area contributed by atoms with Gasteiger partial charge in [-0.3, -0.25) is 0 Å². The van der Waals surface area contributed by atoms with Crippen molar-refractivity contribution in [3.63, 3.8) is 0 Å². The summed E-state index contributed by atoms with van der Waals surface area (Å²) in [5.41, 5.74) is 4.50. The van der Waals surface area contributed by atoms with Crippen LogP contribution in [0.2, 0.25) is 5.02 Å². The van der Waals surface area contributed by atoms with Crippen molar-refractivity contribution in [2.45, 2.75) is 13.3 Å². The summed E-state index contributed by atoms with van der Waals surface area (Å²) in [6.45, 7) is 1.70. The molecule has 0 saturated carbocycles. The summed E-state index contributed by atoms with van der Waals surface area (Å²) >= 11 is 5.67. The zero-order valence-corrected chi connectivity index (χ0v) is 9.09. The molecule has 4 nitrogen and oxygen atoms in total. The SMILES string of the molecule is CCOC(=O)c1cc(C(F)F)nc(N)c1Cl. The molecule has 0 radical (unpaired) electrons. The van der Waals surface area contributed by atoms with Crippen LogP contribution in [-0.2, 0) is 4.74 Å². The number of nitrogen functional groups attached to an aromatic ring is 1.